The second-order valence-corrected chi connectivity index (χ2v) is 12.9. The van der Waals surface area contributed by atoms with E-state index in [1.54, 1.807) is 37.3 Å². The lowest BCUT2D eigenvalue weighted by molar-refractivity contribution is -0.137. The van der Waals surface area contributed by atoms with Gasteiger partial charge in [0.2, 0.25) is 0 Å². The number of rotatable bonds is 5. The number of nitrogens with zero attached hydrogens (tertiary/aromatic N) is 6. The van der Waals surface area contributed by atoms with Gasteiger partial charge in [0, 0.05) is 16.0 Å². The lowest BCUT2D eigenvalue weighted by Gasteiger charge is -2.26. The number of alkyl halides is 4. The van der Waals surface area contributed by atoms with Gasteiger partial charge in [0.25, 0.3) is 0 Å². The molecule has 1 aliphatic rings. The number of carbonyl (C=O) groups is 1. The number of nitriles is 1. The number of amides is 1. The Morgan fingerprint density at radius 3 is 2.48 bits per heavy atom. The molecule has 2 aromatic carbocycles. The SMILES string of the molecule is Cc1c(-c2ccnn2-c2ccc(C#N)cc2)n(C(=O)N[C@H]2C[C@@H](I)CC[C@@H](N(C)C)C2)c(=O)n1-c1cccc(C(F)(F)F)c1. The molecule has 0 spiro atoms. The van der Waals surface area contributed by atoms with Crippen LogP contribution in [0.3, 0.4) is 0 Å². The fourth-order valence-electron chi connectivity index (χ4n) is 5.75. The van der Waals surface area contributed by atoms with Gasteiger partial charge in [-0.3, -0.25) is 4.57 Å². The van der Waals surface area contributed by atoms with E-state index >= 15 is 0 Å². The van der Waals surface area contributed by atoms with Crippen molar-refractivity contribution in [2.45, 2.75) is 54.8 Å². The maximum atomic E-state index is 14.1. The molecule has 5 rings (SSSR count). The topological polar surface area (TPSA) is 101 Å². The summed E-state index contributed by atoms with van der Waals surface area (Å²) in [5.41, 5.74) is 0.112. The molecule has 9 nitrogen and oxygen atoms in total. The average Bonchev–Trinajstić information content (AvgIpc) is 3.49. The van der Waals surface area contributed by atoms with E-state index < -0.39 is 23.5 Å². The summed E-state index contributed by atoms with van der Waals surface area (Å²) in [4.78, 5) is 30.3. The molecule has 1 N–H and O–H groups in total. The van der Waals surface area contributed by atoms with Gasteiger partial charge in [0.05, 0.1) is 46.2 Å². The number of aromatic nitrogens is 4. The predicted octanol–water partition coefficient (Wildman–Crippen LogP) is 5.92. The summed E-state index contributed by atoms with van der Waals surface area (Å²) in [6.07, 6.45) is 0.275. The van der Waals surface area contributed by atoms with E-state index in [2.05, 4.69) is 44.0 Å². The van der Waals surface area contributed by atoms with Gasteiger partial charge < -0.3 is 10.2 Å². The minimum Gasteiger partial charge on any atom is -0.334 e. The number of imidazole rings is 1. The number of benzene rings is 2. The van der Waals surface area contributed by atoms with E-state index in [-0.39, 0.29) is 29.2 Å². The highest BCUT2D eigenvalue weighted by atomic mass is 127. The van der Waals surface area contributed by atoms with E-state index in [0.29, 0.717) is 27.3 Å². The number of hydrogen-bond acceptors (Lipinski definition) is 5. The molecule has 0 aliphatic heterocycles. The van der Waals surface area contributed by atoms with E-state index in [1.807, 2.05) is 14.1 Å². The molecule has 2 aromatic heterocycles. The molecule has 1 aliphatic carbocycles. The predicted molar refractivity (Wildman–Crippen MR) is 169 cm³/mol. The fraction of sp³-hybridized carbons (Fsp3) is 0.355. The summed E-state index contributed by atoms with van der Waals surface area (Å²) >= 11 is 2.39. The Kier molecular flexibility index (Phi) is 9.03. The zero-order valence-corrected chi connectivity index (χ0v) is 26.5. The average molecular weight is 718 g/mol. The number of hydrogen-bond donors (Lipinski definition) is 1. The maximum Gasteiger partial charge on any atom is 0.416 e. The quantitative estimate of drug-likeness (QED) is 0.157. The van der Waals surface area contributed by atoms with Gasteiger partial charge >= 0.3 is 17.9 Å². The van der Waals surface area contributed by atoms with Crippen molar-refractivity contribution in [3.05, 3.63) is 88.1 Å². The first kappa shape index (κ1) is 31.5. The normalized spacial score (nSPS) is 19.0. The fourth-order valence-corrected chi connectivity index (χ4v) is 6.73. The van der Waals surface area contributed by atoms with Crippen LogP contribution < -0.4 is 11.0 Å². The molecule has 4 aromatic rings. The number of nitrogens with one attached hydrogen (secondary N) is 1. The minimum absolute atomic E-state index is 0.0194. The molecule has 3 atom stereocenters. The van der Waals surface area contributed by atoms with Crippen molar-refractivity contribution >= 4 is 28.6 Å². The maximum absolute atomic E-state index is 14.1. The largest absolute Gasteiger partial charge is 0.416 e. The van der Waals surface area contributed by atoms with Crippen molar-refractivity contribution in [1.82, 2.24) is 29.1 Å². The van der Waals surface area contributed by atoms with Crippen molar-refractivity contribution in [2.75, 3.05) is 14.1 Å². The summed E-state index contributed by atoms with van der Waals surface area (Å²) in [7, 11) is 4.00. The minimum atomic E-state index is -4.62. The second-order valence-electron chi connectivity index (χ2n) is 11.1. The second kappa shape index (κ2) is 12.6. The van der Waals surface area contributed by atoms with Crippen molar-refractivity contribution in [3.63, 3.8) is 0 Å². The Morgan fingerprint density at radius 2 is 1.82 bits per heavy atom. The summed E-state index contributed by atoms with van der Waals surface area (Å²) in [6.45, 7) is 1.59. The molecule has 0 saturated heterocycles. The molecule has 1 saturated carbocycles. The smallest absolute Gasteiger partial charge is 0.334 e. The highest BCUT2D eigenvalue weighted by Gasteiger charge is 2.33. The van der Waals surface area contributed by atoms with Crippen LogP contribution in [0.15, 0.2) is 65.6 Å². The van der Waals surface area contributed by atoms with Crippen molar-refractivity contribution in [2.24, 2.45) is 0 Å². The van der Waals surface area contributed by atoms with Crippen LogP contribution in [0, 0.1) is 18.3 Å². The van der Waals surface area contributed by atoms with Crippen LogP contribution in [0.4, 0.5) is 18.0 Å². The van der Waals surface area contributed by atoms with E-state index in [1.165, 1.54) is 23.0 Å². The van der Waals surface area contributed by atoms with Crippen LogP contribution in [0.5, 0.6) is 0 Å². The Hall–Kier alpha value is -3.90. The Bertz CT molecular complexity index is 1770. The Morgan fingerprint density at radius 1 is 1.09 bits per heavy atom. The van der Waals surface area contributed by atoms with E-state index in [4.69, 9.17) is 0 Å². The van der Waals surface area contributed by atoms with Gasteiger partial charge in [-0.05, 0) is 95.2 Å². The van der Waals surface area contributed by atoms with Crippen LogP contribution in [0.2, 0.25) is 0 Å². The van der Waals surface area contributed by atoms with Crippen LogP contribution in [0.1, 0.15) is 42.5 Å². The first-order chi connectivity index (χ1) is 20.9. The van der Waals surface area contributed by atoms with Gasteiger partial charge in [-0.25, -0.2) is 18.8 Å². The molecule has 2 heterocycles. The van der Waals surface area contributed by atoms with Crippen molar-refractivity contribution in [1.29, 1.82) is 5.26 Å². The van der Waals surface area contributed by atoms with Crippen molar-refractivity contribution < 1.29 is 18.0 Å². The van der Waals surface area contributed by atoms with Crippen LogP contribution >= 0.6 is 22.6 Å². The third-order valence-corrected chi connectivity index (χ3v) is 9.14. The Labute approximate surface area is 266 Å². The molecular formula is C31H31F3IN7O2. The molecule has 13 heteroatoms. The molecule has 0 unspecified atom stereocenters. The molecule has 0 bridgehead atoms. The molecule has 44 heavy (non-hydrogen) atoms. The lowest BCUT2D eigenvalue weighted by atomic mass is 10.1. The zero-order chi connectivity index (χ0) is 31.8. The van der Waals surface area contributed by atoms with Crippen LogP contribution in [0.25, 0.3) is 22.8 Å². The first-order valence-electron chi connectivity index (χ1n) is 14.1. The third-order valence-electron chi connectivity index (χ3n) is 8.01. The van der Waals surface area contributed by atoms with Gasteiger partial charge in [0.15, 0.2) is 0 Å². The zero-order valence-electron chi connectivity index (χ0n) is 24.3. The molecule has 230 valence electrons. The molecule has 1 amide bonds. The molecule has 0 radical (unpaired) electrons. The first-order valence-corrected chi connectivity index (χ1v) is 15.3. The third kappa shape index (κ3) is 6.32. The van der Waals surface area contributed by atoms with Gasteiger partial charge in [-0.1, -0.05) is 28.7 Å². The summed E-state index contributed by atoms with van der Waals surface area (Å²) < 4.78 is 44.9. The van der Waals surface area contributed by atoms with Crippen LogP contribution in [-0.4, -0.2) is 59.9 Å². The van der Waals surface area contributed by atoms with Gasteiger partial charge in [0.1, 0.15) is 5.69 Å². The highest BCUT2D eigenvalue weighted by Crippen LogP contribution is 2.32. The van der Waals surface area contributed by atoms with Crippen LogP contribution in [-0.2, 0) is 6.18 Å². The van der Waals surface area contributed by atoms with E-state index in [0.717, 1.165) is 40.5 Å². The van der Waals surface area contributed by atoms with Gasteiger partial charge in [-0.2, -0.15) is 23.5 Å². The van der Waals surface area contributed by atoms with E-state index in [9.17, 15) is 28.0 Å². The Balaban J connectivity index is 1.66. The number of halogens is 4. The summed E-state index contributed by atoms with van der Waals surface area (Å²) in [6, 6.07) is 14.1. The standard InChI is InChI=1S/C31H31F3IN7O2/c1-19-28(27-13-14-37-42(27)24-10-7-20(18-36)8-11-24)41(29(43)38-23-16-22(35)9-12-25(17-23)39(2)3)30(44)40(19)26-6-4-5-21(15-26)31(32,33)34/h4-8,10-11,13-15,22-23,25H,9,12,16-17H2,1-3H3,(H,38,43)/t22-,23-,25+/m0/s1. The highest BCUT2D eigenvalue weighted by molar-refractivity contribution is 14.1. The molecular weight excluding hydrogens is 686 g/mol. The summed E-state index contributed by atoms with van der Waals surface area (Å²) in [5, 5.41) is 16.7. The van der Waals surface area contributed by atoms with Crippen molar-refractivity contribution in [3.8, 4) is 28.8 Å². The monoisotopic (exact) mass is 717 g/mol. The van der Waals surface area contributed by atoms with Gasteiger partial charge in [-0.15, -0.1) is 0 Å². The summed E-state index contributed by atoms with van der Waals surface area (Å²) in [5.74, 6) is 0. The number of carbonyl (C=O) groups excluding carboxylic acids is 1. The molecule has 1 fully saturated rings. The lowest BCUT2D eigenvalue weighted by Crippen LogP contribution is -2.45.